The zero-order valence-corrected chi connectivity index (χ0v) is 9.30. The molecule has 0 N–H and O–H groups in total. The van der Waals surface area contributed by atoms with E-state index in [2.05, 4.69) is 9.97 Å². The summed E-state index contributed by atoms with van der Waals surface area (Å²) >= 11 is 0. The molecule has 0 atom stereocenters. The highest BCUT2D eigenvalue weighted by molar-refractivity contribution is 5.72. The molecule has 0 radical (unpaired) electrons. The molecule has 5 nitrogen and oxygen atoms in total. The van der Waals surface area contributed by atoms with Crippen molar-refractivity contribution >= 4 is 11.6 Å². The smallest absolute Gasteiger partial charge is 0.311 e. The Morgan fingerprint density at radius 3 is 3.06 bits per heavy atom. The molecule has 2 rings (SSSR count). The van der Waals surface area contributed by atoms with Gasteiger partial charge >= 0.3 is 5.97 Å². The lowest BCUT2D eigenvalue weighted by Gasteiger charge is -2.02. The van der Waals surface area contributed by atoms with Crippen LogP contribution < -0.4 is 0 Å². The fraction of sp³-hybridized carbons (Fsp3) is 0.364. The van der Waals surface area contributed by atoms with E-state index < -0.39 is 0 Å². The second-order valence-corrected chi connectivity index (χ2v) is 3.44. The van der Waals surface area contributed by atoms with Crippen molar-refractivity contribution in [3.63, 3.8) is 0 Å². The van der Waals surface area contributed by atoms with Crippen LogP contribution in [-0.2, 0) is 16.0 Å². The van der Waals surface area contributed by atoms with Gasteiger partial charge in [-0.25, -0.2) is 4.98 Å². The number of nitrogens with zero attached hydrogens (tertiary/aromatic N) is 3. The molecule has 0 aliphatic carbocycles. The molecule has 2 aromatic rings. The molecule has 84 valence electrons. The molecular weight excluding hydrogens is 206 g/mol. The Hall–Kier alpha value is -1.91. The van der Waals surface area contributed by atoms with Crippen LogP contribution in [0.3, 0.4) is 0 Å². The first-order valence-electron chi connectivity index (χ1n) is 5.15. The lowest BCUT2D eigenvalue weighted by Crippen LogP contribution is -2.09. The summed E-state index contributed by atoms with van der Waals surface area (Å²) < 4.78 is 6.76. The molecule has 2 aromatic heterocycles. The van der Waals surface area contributed by atoms with E-state index in [0.29, 0.717) is 6.61 Å². The van der Waals surface area contributed by atoms with Gasteiger partial charge < -0.3 is 9.14 Å². The number of carbonyl (C=O) groups excluding carboxylic acids is 1. The molecule has 16 heavy (non-hydrogen) atoms. The van der Waals surface area contributed by atoms with E-state index in [-0.39, 0.29) is 12.4 Å². The maximum absolute atomic E-state index is 11.4. The van der Waals surface area contributed by atoms with Gasteiger partial charge in [-0.1, -0.05) is 0 Å². The van der Waals surface area contributed by atoms with Crippen LogP contribution in [0.15, 0.2) is 18.6 Å². The third-order valence-electron chi connectivity index (χ3n) is 2.31. The fourth-order valence-electron chi connectivity index (χ4n) is 1.59. The molecule has 0 fully saturated rings. The SMILES string of the molecule is CCOC(=O)Cc1cnc2c(C)nccn12. The molecule has 0 aliphatic rings. The van der Waals surface area contributed by atoms with Crippen molar-refractivity contribution in [1.82, 2.24) is 14.4 Å². The standard InChI is InChI=1S/C11H13N3O2/c1-3-16-10(15)6-9-7-13-11-8(2)12-4-5-14(9)11/h4-5,7H,3,6H2,1-2H3. The molecule has 0 amide bonds. The zero-order chi connectivity index (χ0) is 11.5. The van der Waals surface area contributed by atoms with Crippen molar-refractivity contribution in [2.75, 3.05) is 6.61 Å². The maximum atomic E-state index is 11.4. The summed E-state index contributed by atoms with van der Waals surface area (Å²) in [5.41, 5.74) is 2.44. The van der Waals surface area contributed by atoms with E-state index >= 15 is 0 Å². The number of ether oxygens (including phenoxy) is 1. The molecule has 0 bridgehead atoms. The maximum Gasteiger partial charge on any atom is 0.311 e. The molecule has 0 spiro atoms. The van der Waals surface area contributed by atoms with Gasteiger partial charge in [0.1, 0.15) is 0 Å². The zero-order valence-electron chi connectivity index (χ0n) is 9.30. The first-order valence-corrected chi connectivity index (χ1v) is 5.15. The Bertz CT molecular complexity index is 519. The lowest BCUT2D eigenvalue weighted by molar-refractivity contribution is -0.142. The molecule has 0 saturated carbocycles. The number of hydrogen-bond donors (Lipinski definition) is 0. The number of imidazole rings is 1. The Kier molecular flexibility index (Phi) is 2.85. The van der Waals surface area contributed by atoms with Crippen molar-refractivity contribution in [3.05, 3.63) is 30.0 Å². The van der Waals surface area contributed by atoms with Crippen molar-refractivity contribution in [2.24, 2.45) is 0 Å². The van der Waals surface area contributed by atoms with E-state index in [1.165, 1.54) is 0 Å². The van der Waals surface area contributed by atoms with Crippen LogP contribution in [0, 0.1) is 6.92 Å². The Balaban J connectivity index is 2.32. The summed E-state index contributed by atoms with van der Waals surface area (Å²) in [4.78, 5) is 19.7. The Labute approximate surface area is 93.1 Å². The van der Waals surface area contributed by atoms with Crippen LogP contribution in [0.1, 0.15) is 18.3 Å². The first-order chi connectivity index (χ1) is 7.72. The van der Waals surface area contributed by atoms with E-state index in [9.17, 15) is 4.79 Å². The van der Waals surface area contributed by atoms with Crippen molar-refractivity contribution < 1.29 is 9.53 Å². The summed E-state index contributed by atoms with van der Waals surface area (Å²) in [5, 5.41) is 0. The molecule has 0 unspecified atom stereocenters. The predicted octanol–water partition coefficient (Wildman–Crippen LogP) is 1.14. The van der Waals surface area contributed by atoms with Gasteiger partial charge in [0.15, 0.2) is 5.65 Å². The minimum absolute atomic E-state index is 0.235. The van der Waals surface area contributed by atoms with E-state index in [0.717, 1.165) is 17.0 Å². The van der Waals surface area contributed by atoms with Crippen molar-refractivity contribution in [1.29, 1.82) is 0 Å². The van der Waals surface area contributed by atoms with Gasteiger partial charge in [-0.15, -0.1) is 0 Å². The van der Waals surface area contributed by atoms with Gasteiger partial charge in [0.2, 0.25) is 0 Å². The van der Waals surface area contributed by atoms with E-state index in [1.807, 2.05) is 11.3 Å². The number of fused-ring (bicyclic) bond motifs is 1. The predicted molar refractivity (Wildman–Crippen MR) is 58.1 cm³/mol. The van der Waals surface area contributed by atoms with Crippen LogP contribution in [0.5, 0.6) is 0 Å². The highest BCUT2D eigenvalue weighted by Gasteiger charge is 2.10. The quantitative estimate of drug-likeness (QED) is 0.726. The molecule has 0 aromatic carbocycles. The molecule has 2 heterocycles. The van der Waals surface area contributed by atoms with Crippen LogP contribution in [-0.4, -0.2) is 26.9 Å². The normalized spacial score (nSPS) is 10.6. The van der Waals surface area contributed by atoms with Gasteiger partial charge in [-0.05, 0) is 13.8 Å². The summed E-state index contributed by atoms with van der Waals surface area (Å²) in [6.07, 6.45) is 5.40. The van der Waals surface area contributed by atoms with Gasteiger partial charge in [0, 0.05) is 18.6 Å². The molecule has 5 heteroatoms. The molecular formula is C11H13N3O2. The van der Waals surface area contributed by atoms with Crippen molar-refractivity contribution in [2.45, 2.75) is 20.3 Å². The first kappa shape index (κ1) is 10.6. The fourth-order valence-corrected chi connectivity index (χ4v) is 1.59. The number of aromatic nitrogens is 3. The van der Waals surface area contributed by atoms with E-state index in [4.69, 9.17) is 4.74 Å². The average Bonchev–Trinajstić information content (AvgIpc) is 2.64. The van der Waals surface area contributed by atoms with E-state index in [1.54, 1.807) is 25.5 Å². The van der Waals surface area contributed by atoms with Crippen LogP contribution in [0.25, 0.3) is 5.65 Å². The third kappa shape index (κ3) is 1.88. The van der Waals surface area contributed by atoms with Crippen LogP contribution >= 0.6 is 0 Å². The van der Waals surface area contributed by atoms with Crippen molar-refractivity contribution in [3.8, 4) is 0 Å². The number of aryl methyl sites for hydroxylation is 1. The molecule has 0 saturated heterocycles. The minimum Gasteiger partial charge on any atom is -0.466 e. The monoisotopic (exact) mass is 219 g/mol. The van der Waals surface area contributed by atoms with Crippen LogP contribution in [0.2, 0.25) is 0 Å². The highest BCUT2D eigenvalue weighted by Crippen LogP contribution is 2.09. The van der Waals surface area contributed by atoms with Gasteiger partial charge in [-0.2, -0.15) is 0 Å². The molecule has 0 aliphatic heterocycles. The summed E-state index contributed by atoms with van der Waals surface area (Å²) in [5.74, 6) is -0.237. The Morgan fingerprint density at radius 1 is 1.50 bits per heavy atom. The summed E-state index contributed by atoms with van der Waals surface area (Å²) in [6, 6.07) is 0. The minimum atomic E-state index is -0.237. The number of rotatable bonds is 3. The van der Waals surface area contributed by atoms with Crippen LogP contribution in [0.4, 0.5) is 0 Å². The van der Waals surface area contributed by atoms with Gasteiger partial charge in [-0.3, -0.25) is 9.78 Å². The average molecular weight is 219 g/mol. The lowest BCUT2D eigenvalue weighted by atomic mass is 10.3. The summed E-state index contributed by atoms with van der Waals surface area (Å²) in [6.45, 7) is 4.08. The summed E-state index contributed by atoms with van der Waals surface area (Å²) in [7, 11) is 0. The third-order valence-corrected chi connectivity index (χ3v) is 2.31. The second kappa shape index (κ2) is 4.30. The second-order valence-electron chi connectivity index (χ2n) is 3.44. The van der Waals surface area contributed by atoms with Gasteiger partial charge in [0.05, 0.1) is 24.4 Å². The number of esters is 1. The highest BCUT2D eigenvalue weighted by atomic mass is 16.5. The number of carbonyl (C=O) groups is 1. The number of hydrogen-bond acceptors (Lipinski definition) is 4. The largest absolute Gasteiger partial charge is 0.466 e. The topological polar surface area (TPSA) is 56.5 Å². The van der Waals surface area contributed by atoms with Gasteiger partial charge in [0.25, 0.3) is 0 Å². The Morgan fingerprint density at radius 2 is 2.31 bits per heavy atom.